The summed E-state index contributed by atoms with van der Waals surface area (Å²) in [6.07, 6.45) is 1.08. The van der Waals surface area contributed by atoms with Crippen LogP contribution in [0.2, 0.25) is 0 Å². The van der Waals surface area contributed by atoms with Crippen LogP contribution in [0.5, 0.6) is 0 Å². The van der Waals surface area contributed by atoms with E-state index in [1.165, 1.54) is 17.8 Å². The molecule has 0 amide bonds. The van der Waals surface area contributed by atoms with Gasteiger partial charge in [0.1, 0.15) is 5.82 Å². The van der Waals surface area contributed by atoms with Crippen molar-refractivity contribution in [2.75, 3.05) is 6.26 Å². The van der Waals surface area contributed by atoms with Crippen molar-refractivity contribution in [3.05, 3.63) is 24.0 Å². The molecule has 0 bridgehead atoms. The predicted octanol–water partition coefficient (Wildman–Crippen LogP) is 3.76. The molecular formula is C13H19FO2S2. The molecule has 5 heteroatoms. The Morgan fingerprint density at radius 2 is 1.83 bits per heavy atom. The fourth-order valence-corrected chi connectivity index (χ4v) is 2.92. The van der Waals surface area contributed by atoms with Gasteiger partial charge < -0.3 is 0 Å². The van der Waals surface area contributed by atoms with Crippen LogP contribution in [-0.2, 0) is 9.84 Å². The molecule has 0 saturated heterocycles. The molecule has 1 aromatic carbocycles. The highest BCUT2D eigenvalue weighted by Gasteiger charge is 2.25. The van der Waals surface area contributed by atoms with Crippen LogP contribution in [0.4, 0.5) is 4.39 Å². The maximum absolute atomic E-state index is 13.9. The van der Waals surface area contributed by atoms with Gasteiger partial charge in [-0.3, -0.25) is 0 Å². The minimum absolute atomic E-state index is 0.0201. The zero-order valence-corrected chi connectivity index (χ0v) is 13.0. The van der Waals surface area contributed by atoms with Crippen molar-refractivity contribution < 1.29 is 12.8 Å². The van der Waals surface area contributed by atoms with Crippen LogP contribution in [0, 0.1) is 11.7 Å². The Morgan fingerprint density at radius 3 is 2.22 bits per heavy atom. The molecule has 0 saturated carbocycles. The largest absolute Gasteiger partial charge is 0.224 e. The number of sulfone groups is 1. The quantitative estimate of drug-likeness (QED) is 0.792. The normalized spacial score (nSPS) is 13.1. The number of rotatable bonds is 4. The second-order valence-electron chi connectivity index (χ2n) is 5.22. The molecule has 2 nitrogen and oxygen atoms in total. The van der Waals surface area contributed by atoms with Gasteiger partial charge in [-0.15, -0.1) is 11.8 Å². The first-order valence-corrected chi connectivity index (χ1v) is 8.43. The van der Waals surface area contributed by atoms with E-state index in [-0.39, 0.29) is 9.64 Å². The molecule has 0 aliphatic carbocycles. The van der Waals surface area contributed by atoms with Gasteiger partial charge in [-0.05, 0) is 24.1 Å². The van der Waals surface area contributed by atoms with Gasteiger partial charge in [0.15, 0.2) is 9.84 Å². The van der Waals surface area contributed by atoms with Gasteiger partial charge in [-0.1, -0.05) is 27.7 Å². The van der Waals surface area contributed by atoms with E-state index in [2.05, 4.69) is 13.8 Å². The summed E-state index contributed by atoms with van der Waals surface area (Å²) in [4.78, 5) is 0.507. The van der Waals surface area contributed by atoms with Crippen LogP contribution in [0.1, 0.15) is 27.7 Å². The van der Waals surface area contributed by atoms with E-state index in [1.807, 2.05) is 13.8 Å². The third-order valence-corrected chi connectivity index (χ3v) is 5.75. The van der Waals surface area contributed by atoms with Crippen LogP contribution >= 0.6 is 11.8 Å². The highest BCUT2D eigenvalue weighted by Crippen LogP contribution is 2.39. The van der Waals surface area contributed by atoms with Crippen LogP contribution in [0.3, 0.4) is 0 Å². The maximum Gasteiger partial charge on any atom is 0.175 e. The van der Waals surface area contributed by atoms with Crippen LogP contribution in [0.25, 0.3) is 0 Å². The van der Waals surface area contributed by atoms with Gasteiger partial charge in [0.05, 0.1) is 4.90 Å². The average Bonchev–Trinajstić information content (AvgIpc) is 2.19. The van der Waals surface area contributed by atoms with Gasteiger partial charge in [-0.25, -0.2) is 12.8 Å². The van der Waals surface area contributed by atoms with E-state index in [1.54, 1.807) is 6.07 Å². The molecule has 0 aliphatic heterocycles. The van der Waals surface area contributed by atoms with E-state index in [9.17, 15) is 12.8 Å². The lowest BCUT2D eigenvalue weighted by atomic mass is 10.00. The number of halogens is 1. The Labute approximate surface area is 113 Å². The molecule has 0 heterocycles. The van der Waals surface area contributed by atoms with E-state index in [0.29, 0.717) is 10.8 Å². The number of hydrogen-bond acceptors (Lipinski definition) is 3. The Kier molecular flexibility index (Phi) is 4.49. The first-order valence-electron chi connectivity index (χ1n) is 5.72. The summed E-state index contributed by atoms with van der Waals surface area (Å²) in [5, 5.41) is 0. The van der Waals surface area contributed by atoms with Crippen molar-refractivity contribution >= 4 is 21.6 Å². The van der Waals surface area contributed by atoms with E-state index >= 15 is 0 Å². The lowest BCUT2D eigenvalue weighted by Gasteiger charge is -2.28. The first kappa shape index (κ1) is 15.5. The maximum atomic E-state index is 13.9. The highest BCUT2D eigenvalue weighted by molar-refractivity contribution is 8.00. The highest BCUT2D eigenvalue weighted by atomic mass is 32.2. The summed E-state index contributed by atoms with van der Waals surface area (Å²) in [6.45, 7) is 8.25. The monoisotopic (exact) mass is 290 g/mol. The van der Waals surface area contributed by atoms with Gasteiger partial charge in [0, 0.05) is 15.9 Å². The zero-order chi connectivity index (χ0) is 14.1. The van der Waals surface area contributed by atoms with Gasteiger partial charge >= 0.3 is 0 Å². The van der Waals surface area contributed by atoms with Gasteiger partial charge in [-0.2, -0.15) is 0 Å². The number of thioether (sulfide) groups is 1. The Bertz CT molecular complexity index is 534. The smallest absolute Gasteiger partial charge is 0.175 e. The summed E-state index contributed by atoms with van der Waals surface area (Å²) in [5.74, 6) is -0.0897. The Hall–Kier alpha value is -0.550. The van der Waals surface area contributed by atoms with E-state index < -0.39 is 15.7 Å². The number of hydrogen-bond donors (Lipinski definition) is 0. The van der Waals surface area contributed by atoms with Gasteiger partial charge in [0.25, 0.3) is 0 Å². The second kappa shape index (κ2) is 5.21. The molecule has 0 aliphatic rings. The van der Waals surface area contributed by atoms with Crippen LogP contribution in [0.15, 0.2) is 28.0 Å². The minimum atomic E-state index is -3.35. The predicted molar refractivity (Wildman–Crippen MR) is 74.3 cm³/mol. The third-order valence-electron chi connectivity index (χ3n) is 3.09. The molecule has 0 unspecified atom stereocenters. The molecule has 0 atom stereocenters. The summed E-state index contributed by atoms with van der Waals surface area (Å²) >= 11 is 1.43. The lowest BCUT2D eigenvalue weighted by Crippen LogP contribution is -2.22. The average molecular weight is 290 g/mol. The van der Waals surface area contributed by atoms with E-state index in [4.69, 9.17) is 0 Å². The molecule has 1 rings (SSSR count). The fourth-order valence-electron chi connectivity index (χ4n) is 1.20. The molecule has 0 spiro atoms. The first-order chi connectivity index (χ1) is 8.04. The molecular weight excluding hydrogens is 271 g/mol. The van der Waals surface area contributed by atoms with Crippen molar-refractivity contribution in [2.45, 2.75) is 42.2 Å². The Morgan fingerprint density at radius 1 is 1.28 bits per heavy atom. The summed E-state index contributed by atoms with van der Waals surface area (Å²) in [5.41, 5.74) is 0. The molecule has 0 N–H and O–H groups in total. The van der Waals surface area contributed by atoms with Gasteiger partial charge in [0.2, 0.25) is 0 Å². The lowest BCUT2D eigenvalue weighted by molar-refractivity contribution is 0.501. The fraction of sp³-hybridized carbons (Fsp3) is 0.538. The van der Waals surface area contributed by atoms with E-state index in [0.717, 1.165) is 12.3 Å². The van der Waals surface area contributed by atoms with Crippen molar-refractivity contribution in [3.8, 4) is 0 Å². The second-order valence-corrected chi connectivity index (χ2v) is 8.94. The topological polar surface area (TPSA) is 34.1 Å². The standard InChI is InChI=1S/C13H19FO2S2/c1-9(2)13(3,4)17-12-7-6-10(8-11(12)14)18(5,15)16/h6-9H,1-5H3. The molecule has 102 valence electrons. The van der Waals surface area contributed by atoms with Crippen molar-refractivity contribution in [1.29, 1.82) is 0 Å². The Balaban J connectivity index is 3.08. The SMILES string of the molecule is CC(C)C(C)(C)Sc1ccc(S(C)(=O)=O)cc1F. The summed E-state index contributed by atoms with van der Waals surface area (Å²) in [6, 6.07) is 4.09. The molecule has 0 fully saturated rings. The molecule has 0 aromatic heterocycles. The summed E-state index contributed by atoms with van der Waals surface area (Å²) < 4.78 is 36.4. The van der Waals surface area contributed by atoms with Crippen LogP contribution < -0.4 is 0 Å². The molecule has 0 radical (unpaired) electrons. The van der Waals surface area contributed by atoms with Crippen LogP contribution in [-0.4, -0.2) is 19.4 Å². The van der Waals surface area contributed by atoms with Crippen molar-refractivity contribution in [3.63, 3.8) is 0 Å². The minimum Gasteiger partial charge on any atom is -0.224 e. The zero-order valence-electron chi connectivity index (χ0n) is 11.3. The number of benzene rings is 1. The third kappa shape index (κ3) is 3.72. The molecule has 1 aromatic rings. The summed E-state index contributed by atoms with van der Waals surface area (Å²) in [7, 11) is -3.35. The van der Waals surface area contributed by atoms with Crippen molar-refractivity contribution in [2.24, 2.45) is 5.92 Å². The van der Waals surface area contributed by atoms with Crippen molar-refractivity contribution in [1.82, 2.24) is 0 Å². The molecule has 18 heavy (non-hydrogen) atoms.